The van der Waals surface area contributed by atoms with Gasteiger partial charge in [0.25, 0.3) is 0 Å². The Morgan fingerprint density at radius 2 is 1.60 bits per heavy atom. The first-order chi connectivity index (χ1) is 8.08. The van der Waals surface area contributed by atoms with Crippen molar-refractivity contribution in [2.24, 2.45) is 5.41 Å². The van der Waals surface area contributed by atoms with Crippen LogP contribution < -0.4 is 0 Å². The van der Waals surface area contributed by atoms with Gasteiger partial charge in [-0.25, -0.2) is 0 Å². The summed E-state index contributed by atoms with van der Waals surface area (Å²) in [7, 11) is 2.35. The number of methoxy groups -OCH3 is 2. The molecule has 0 fully saturated rings. The fraction of sp³-hybridized carbons (Fsp3) is 0.455. The molecule has 0 aliphatic carbocycles. The zero-order valence-electron chi connectivity index (χ0n) is 10.9. The third-order valence-electron chi connectivity index (χ3n) is 2.08. The Morgan fingerprint density at radius 1 is 1.20 bits per heavy atom. The number of ether oxygens (including phenoxy) is 2. The number of hydrogen-bond donors (Lipinski definition) is 0. The van der Waals surface area contributed by atoms with E-state index in [9.17, 15) is 9.59 Å². The van der Waals surface area contributed by atoms with Crippen LogP contribution in [-0.2, 0) is 19.1 Å². The van der Waals surface area contributed by atoms with E-state index in [-0.39, 0.29) is 12.8 Å². The van der Waals surface area contributed by atoms with Gasteiger partial charge in [0, 0.05) is 0 Å². The van der Waals surface area contributed by atoms with Crippen molar-refractivity contribution in [3.8, 4) is 0 Å². The molecule has 0 N–H and O–H groups in total. The van der Waals surface area contributed by atoms with E-state index < -0.39 is 17.4 Å². The largest absolute Gasteiger partial charge is 0.468 e. The van der Waals surface area contributed by atoms with E-state index in [1.165, 1.54) is 26.4 Å². The molecule has 84 valence electrons. The van der Waals surface area contributed by atoms with Gasteiger partial charge in [-0.15, -0.1) is 13.1 Å². The zero-order chi connectivity index (χ0) is 13.3. The number of carbonyl (C=O) groups excluding carboxylic acids is 2. The molecule has 0 aliphatic heterocycles. The minimum atomic E-state index is -1.52. The van der Waals surface area contributed by atoms with E-state index >= 15 is 0 Å². The Kier molecular flexibility index (Phi) is 3.99. The summed E-state index contributed by atoms with van der Waals surface area (Å²) in [6.45, 7) is 1.98. The fourth-order valence-electron chi connectivity index (χ4n) is 1.29. The summed E-state index contributed by atoms with van der Waals surface area (Å²) in [5, 5.41) is 0. The SMILES string of the molecule is [2H]C=CCC(CC=C[2H])(C(=O)OC)C(=O)OC. The van der Waals surface area contributed by atoms with Gasteiger partial charge in [-0.05, 0) is 12.8 Å². The van der Waals surface area contributed by atoms with Crippen LogP contribution in [0.5, 0.6) is 0 Å². The van der Waals surface area contributed by atoms with Crippen LogP contribution >= 0.6 is 0 Å². The first kappa shape index (κ1) is 9.96. The maximum absolute atomic E-state index is 11.7. The predicted molar refractivity (Wildman–Crippen MR) is 56.1 cm³/mol. The van der Waals surface area contributed by atoms with Crippen molar-refractivity contribution in [2.75, 3.05) is 14.2 Å². The molecule has 0 amide bonds. The molecule has 0 aromatic rings. The molecule has 0 aromatic heterocycles. The highest BCUT2D eigenvalue weighted by Crippen LogP contribution is 2.31. The van der Waals surface area contributed by atoms with E-state index in [0.717, 1.165) is 13.1 Å². The summed E-state index contributed by atoms with van der Waals surface area (Å²) in [6.07, 6.45) is 2.73. The van der Waals surface area contributed by atoms with Gasteiger partial charge in [-0.3, -0.25) is 9.59 Å². The highest BCUT2D eigenvalue weighted by Gasteiger charge is 2.46. The van der Waals surface area contributed by atoms with Gasteiger partial charge in [0.05, 0.1) is 17.0 Å². The second kappa shape index (κ2) is 6.01. The van der Waals surface area contributed by atoms with Crippen LogP contribution in [0.1, 0.15) is 15.6 Å². The molecule has 4 heteroatoms. The molecule has 0 spiro atoms. The molecule has 0 atom stereocenters. The van der Waals surface area contributed by atoms with Crippen LogP contribution in [-0.4, -0.2) is 26.2 Å². The Morgan fingerprint density at radius 3 is 1.87 bits per heavy atom. The summed E-state index contributed by atoms with van der Waals surface area (Å²) >= 11 is 0. The lowest BCUT2D eigenvalue weighted by Crippen LogP contribution is -2.40. The normalized spacial score (nSPS) is 13.7. The first-order valence-corrected chi connectivity index (χ1v) is 4.32. The summed E-state index contributed by atoms with van der Waals surface area (Å²) in [6, 6.07) is 0. The van der Waals surface area contributed by atoms with Gasteiger partial charge in [0.1, 0.15) is 0 Å². The molecule has 0 saturated heterocycles. The van der Waals surface area contributed by atoms with Crippen LogP contribution in [0.15, 0.2) is 25.3 Å². The molecular weight excluding hydrogens is 196 g/mol. The third kappa shape index (κ3) is 2.68. The Labute approximate surface area is 92.4 Å². The van der Waals surface area contributed by atoms with Crippen LogP contribution in [0.25, 0.3) is 0 Å². The summed E-state index contributed by atoms with van der Waals surface area (Å²) in [4.78, 5) is 23.5. The highest BCUT2D eigenvalue weighted by molar-refractivity contribution is 6.00. The van der Waals surface area contributed by atoms with Crippen molar-refractivity contribution in [2.45, 2.75) is 12.8 Å². The van der Waals surface area contributed by atoms with E-state index in [4.69, 9.17) is 2.74 Å². The number of esters is 2. The molecule has 4 nitrogen and oxygen atoms in total. The van der Waals surface area contributed by atoms with Gasteiger partial charge < -0.3 is 9.47 Å². The van der Waals surface area contributed by atoms with Crippen LogP contribution in [0.2, 0.25) is 0 Å². The molecule has 0 aliphatic rings. The second-order valence-electron chi connectivity index (χ2n) is 2.94. The summed E-state index contributed by atoms with van der Waals surface area (Å²) < 4.78 is 23.0. The predicted octanol–water partition coefficient (Wildman–Crippen LogP) is 1.47. The number of carbonyl (C=O) groups is 2. The molecule has 0 saturated carbocycles. The van der Waals surface area contributed by atoms with Gasteiger partial charge >= 0.3 is 11.9 Å². The Hall–Kier alpha value is -1.58. The van der Waals surface area contributed by atoms with Crippen molar-refractivity contribution < 1.29 is 21.8 Å². The van der Waals surface area contributed by atoms with E-state index in [1.807, 2.05) is 0 Å². The van der Waals surface area contributed by atoms with Crippen LogP contribution in [0.4, 0.5) is 0 Å². The topological polar surface area (TPSA) is 52.6 Å². The van der Waals surface area contributed by atoms with Crippen molar-refractivity contribution in [3.05, 3.63) is 25.3 Å². The fourth-order valence-corrected chi connectivity index (χ4v) is 1.29. The average Bonchev–Trinajstić information content (AvgIpc) is 2.37. The van der Waals surface area contributed by atoms with Gasteiger partial charge in [0.15, 0.2) is 5.41 Å². The lowest BCUT2D eigenvalue weighted by atomic mass is 9.81. The van der Waals surface area contributed by atoms with Gasteiger partial charge in [-0.2, -0.15) is 0 Å². The second-order valence-corrected chi connectivity index (χ2v) is 2.94. The molecular formula is C11H16O4. The molecule has 0 bridgehead atoms. The van der Waals surface area contributed by atoms with Crippen molar-refractivity contribution in [3.63, 3.8) is 0 Å². The Balaban J connectivity index is 5.33. The molecule has 0 rings (SSSR count). The first-order valence-electron chi connectivity index (χ1n) is 5.48. The summed E-state index contributed by atoms with van der Waals surface area (Å²) in [5.74, 6) is -1.47. The number of allylic oxidation sites excluding steroid dienone is 2. The molecule has 15 heavy (non-hydrogen) atoms. The maximum Gasteiger partial charge on any atom is 0.323 e. The lowest BCUT2D eigenvalue weighted by molar-refractivity contribution is -0.168. The van der Waals surface area contributed by atoms with Gasteiger partial charge in [-0.1, -0.05) is 12.2 Å². The molecule has 0 unspecified atom stereocenters. The molecule has 0 radical (unpaired) electrons. The smallest absolute Gasteiger partial charge is 0.323 e. The van der Waals surface area contributed by atoms with Crippen molar-refractivity contribution >= 4 is 11.9 Å². The molecule has 0 heterocycles. The Bertz CT molecular complexity index is 291. The van der Waals surface area contributed by atoms with Crippen molar-refractivity contribution in [1.82, 2.24) is 0 Å². The quantitative estimate of drug-likeness (QED) is 0.381. The van der Waals surface area contributed by atoms with Crippen LogP contribution in [0.3, 0.4) is 0 Å². The zero-order valence-corrected chi connectivity index (χ0v) is 8.86. The standard InChI is InChI=1S/C11H16O4/c1-5-7-11(8-6-2,9(12)14-3)10(13)15-4/h5-6H,1-2,7-8H2,3-4H3/i1D,2D. The van der Waals surface area contributed by atoms with Crippen LogP contribution in [0, 0.1) is 5.41 Å². The van der Waals surface area contributed by atoms with Gasteiger partial charge in [0.2, 0.25) is 0 Å². The number of rotatable bonds is 6. The molecule has 0 aromatic carbocycles. The minimum Gasteiger partial charge on any atom is -0.468 e. The monoisotopic (exact) mass is 214 g/mol. The number of hydrogen-bond acceptors (Lipinski definition) is 4. The van der Waals surface area contributed by atoms with E-state index in [2.05, 4.69) is 9.47 Å². The van der Waals surface area contributed by atoms with Crippen molar-refractivity contribution in [1.29, 1.82) is 0 Å². The lowest BCUT2D eigenvalue weighted by Gasteiger charge is -2.25. The highest BCUT2D eigenvalue weighted by atomic mass is 16.5. The maximum atomic E-state index is 11.7. The summed E-state index contributed by atoms with van der Waals surface area (Å²) in [5.41, 5.74) is -1.52. The third-order valence-corrected chi connectivity index (χ3v) is 2.08. The average molecular weight is 214 g/mol. The van der Waals surface area contributed by atoms with E-state index in [1.54, 1.807) is 0 Å². The minimum absolute atomic E-state index is 0.000185. The van der Waals surface area contributed by atoms with E-state index in [0.29, 0.717) is 0 Å².